The van der Waals surface area contributed by atoms with Crippen molar-refractivity contribution in [2.75, 3.05) is 0 Å². The summed E-state index contributed by atoms with van der Waals surface area (Å²) in [6.45, 7) is 3.79. The van der Waals surface area contributed by atoms with Crippen LogP contribution in [0.5, 0.6) is 0 Å². The van der Waals surface area contributed by atoms with Crippen LogP contribution < -0.4 is 10.6 Å². The molecule has 0 radical (unpaired) electrons. The van der Waals surface area contributed by atoms with Crippen molar-refractivity contribution in [3.63, 3.8) is 0 Å². The van der Waals surface area contributed by atoms with E-state index in [1.165, 1.54) is 6.07 Å². The van der Waals surface area contributed by atoms with E-state index in [1.54, 1.807) is 12.1 Å². The average Bonchev–Trinajstić information content (AvgIpc) is 2.83. The summed E-state index contributed by atoms with van der Waals surface area (Å²) in [5.41, 5.74) is 0.395. The van der Waals surface area contributed by atoms with E-state index in [0.29, 0.717) is 23.4 Å². The molecule has 2 atom stereocenters. The molecule has 6 heteroatoms. The lowest BCUT2D eigenvalue weighted by atomic mass is 9.95. The maximum absolute atomic E-state index is 14.0. The first-order chi connectivity index (χ1) is 9.88. The van der Waals surface area contributed by atoms with Crippen LogP contribution in [-0.4, -0.2) is 17.9 Å². The van der Waals surface area contributed by atoms with Gasteiger partial charge < -0.3 is 10.6 Å². The Morgan fingerprint density at radius 2 is 2.19 bits per heavy atom. The predicted octanol–water partition coefficient (Wildman–Crippen LogP) is 2.57. The largest absolute Gasteiger partial charge is 0.347 e. The zero-order valence-corrected chi connectivity index (χ0v) is 12.7. The molecule has 114 valence electrons. The van der Waals surface area contributed by atoms with Crippen molar-refractivity contribution in [2.24, 2.45) is 5.92 Å². The van der Waals surface area contributed by atoms with Gasteiger partial charge in [-0.1, -0.05) is 31.5 Å². The first-order valence-corrected chi connectivity index (χ1v) is 7.31. The van der Waals surface area contributed by atoms with Crippen molar-refractivity contribution in [1.82, 2.24) is 10.6 Å². The molecule has 21 heavy (non-hydrogen) atoms. The lowest BCUT2D eigenvalue weighted by Crippen LogP contribution is -2.44. The van der Waals surface area contributed by atoms with Crippen molar-refractivity contribution in [3.05, 3.63) is 34.6 Å². The van der Waals surface area contributed by atoms with Gasteiger partial charge in [0.25, 0.3) is 0 Å². The molecule has 0 bridgehead atoms. The van der Waals surface area contributed by atoms with Crippen molar-refractivity contribution in [3.8, 4) is 0 Å². The summed E-state index contributed by atoms with van der Waals surface area (Å²) in [6.07, 6.45) is 0.818. The van der Waals surface area contributed by atoms with E-state index in [2.05, 4.69) is 10.6 Å². The lowest BCUT2D eigenvalue weighted by molar-refractivity contribution is -0.126. The van der Waals surface area contributed by atoms with E-state index in [0.717, 1.165) is 0 Å². The second-order valence-electron chi connectivity index (χ2n) is 5.55. The number of hydrogen-bond donors (Lipinski definition) is 2. The molecule has 1 aromatic carbocycles. The summed E-state index contributed by atoms with van der Waals surface area (Å²) in [7, 11) is 0. The molecule has 1 fully saturated rings. The monoisotopic (exact) mass is 312 g/mol. The molecule has 0 aromatic heterocycles. The van der Waals surface area contributed by atoms with Gasteiger partial charge in [-0.15, -0.1) is 0 Å². The highest BCUT2D eigenvalue weighted by Gasteiger charge is 2.30. The van der Waals surface area contributed by atoms with Crippen LogP contribution in [-0.2, 0) is 9.59 Å². The summed E-state index contributed by atoms with van der Waals surface area (Å²) in [4.78, 5) is 23.4. The fourth-order valence-electron chi connectivity index (χ4n) is 2.42. The van der Waals surface area contributed by atoms with Gasteiger partial charge in [0, 0.05) is 17.0 Å². The van der Waals surface area contributed by atoms with Crippen LogP contribution >= 0.6 is 11.6 Å². The van der Waals surface area contributed by atoms with Gasteiger partial charge >= 0.3 is 0 Å². The minimum atomic E-state index is -0.533. The third-order valence-electron chi connectivity index (χ3n) is 3.57. The van der Waals surface area contributed by atoms with Gasteiger partial charge in [0.15, 0.2) is 0 Å². The standard InChI is InChI=1S/C15H18ClFN2O2/c1-8(2)14(10-4-3-9(16)7-11(10)17)19-15(21)12-5-6-13(20)18-12/h3-4,7-8,12,14H,5-6H2,1-2H3,(H,18,20)(H,19,21)/t12-,14-/m1/s1. The topological polar surface area (TPSA) is 58.2 Å². The molecule has 2 N–H and O–H groups in total. The van der Waals surface area contributed by atoms with Crippen LogP contribution in [0.3, 0.4) is 0 Å². The second-order valence-corrected chi connectivity index (χ2v) is 5.99. The van der Waals surface area contributed by atoms with Crippen LogP contribution in [0.15, 0.2) is 18.2 Å². The predicted molar refractivity (Wildman–Crippen MR) is 78.3 cm³/mol. The molecular formula is C15H18ClFN2O2. The Bertz CT molecular complexity index is 563. The number of hydrogen-bond acceptors (Lipinski definition) is 2. The molecule has 1 aromatic rings. The normalized spacial score (nSPS) is 19.5. The molecule has 2 rings (SSSR count). The minimum Gasteiger partial charge on any atom is -0.347 e. The number of carbonyl (C=O) groups is 2. The van der Waals surface area contributed by atoms with Crippen molar-refractivity contribution >= 4 is 23.4 Å². The van der Waals surface area contributed by atoms with E-state index < -0.39 is 17.9 Å². The molecule has 1 heterocycles. The van der Waals surface area contributed by atoms with Crippen LogP contribution in [0.4, 0.5) is 4.39 Å². The van der Waals surface area contributed by atoms with E-state index in [1.807, 2.05) is 13.8 Å². The zero-order chi connectivity index (χ0) is 15.6. The maximum Gasteiger partial charge on any atom is 0.243 e. The Hall–Kier alpha value is -1.62. The Kier molecular flexibility index (Phi) is 4.83. The number of benzene rings is 1. The van der Waals surface area contributed by atoms with Crippen molar-refractivity contribution in [1.29, 1.82) is 0 Å². The van der Waals surface area contributed by atoms with Crippen molar-refractivity contribution in [2.45, 2.75) is 38.8 Å². The summed E-state index contributed by atoms with van der Waals surface area (Å²) in [5.74, 6) is -0.860. The van der Waals surface area contributed by atoms with Crippen LogP contribution in [0.1, 0.15) is 38.3 Å². The summed E-state index contributed by atoms with van der Waals surface area (Å²) in [6, 6.07) is 3.41. The Morgan fingerprint density at radius 1 is 1.48 bits per heavy atom. The van der Waals surface area contributed by atoms with E-state index in [4.69, 9.17) is 11.6 Å². The third kappa shape index (κ3) is 3.73. The average molecular weight is 313 g/mol. The lowest BCUT2D eigenvalue weighted by Gasteiger charge is -2.25. The smallest absolute Gasteiger partial charge is 0.243 e. The Morgan fingerprint density at radius 3 is 2.71 bits per heavy atom. The summed E-state index contributed by atoms with van der Waals surface area (Å²) in [5, 5.41) is 5.74. The van der Waals surface area contributed by atoms with Gasteiger partial charge in [-0.2, -0.15) is 0 Å². The molecule has 1 aliphatic rings. The van der Waals surface area contributed by atoms with Crippen LogP contribution in [0.25, 0.3) is 0 Å². The fraction of sp³-hybridized carbons (Fsp3) is 0.467. The van der Waals surface area contributed by atoms with Gasteiger partial charge in [0.1, 0.15) is 11.9 Å². The van der Waals surface area contributed by atoms with Gasteiger partial charge in [-0.3, -0.25) is 9.59 Å². The van der Waals surface area contributed by atoms with Gasteiger partial charge in [0.2, 0.25) is 11.8 Å². The van der Waals surface area contributed by atoms with E-state index in [-0.39, 0.29) is 17.7 Å². The first-order valence-electron chi connectivity index (χ1n) is 6.93. The molecule has 0 saturated carbocycles. The maximum atomic E-state index is 14.0. The molecule has 0 aliphatic carbocycles. The van der Waals surface area contributed by atoms with Gasteiger partial charge in [-0.05, 0) is 24.5 Å². The number of rotatable bonds is 4. The third-order valence-corrected chi connectivity index (χ3v) is 3.81. The molecule has 0 unspecified atom stereocenters. The number of carbonyl (C=O) groups excluding carboxylic acids is 2. The highest BCUT2D eigenvalue weighted by atomic mass is 35.5. The Balaban J connectivity index is 2.16. The quantitative estimate of drug-likeness (QED) is 0.897. The zero-order valence-electron chi connectivity index (χ0n) is 12.0. The van der Waals surface area contributed by atoms with E-state index in [9.17, 15) is 14.0 Å². The van der Waals surface area contributed by atoms with Gasteiger partial charge in [-0.25, -0.2) is 4.39 Å². The SMILES string of the molecule is CC(C)[C@@H](NC(=O)[C@H]1CCC(=O)N1)c1ccc(Cl)cc1F. The van der Waals surface area contributed by atoms with Gasteiger partial charge in [0.05, 0.1) is 6.04 Å². The number of nitrogens with one attached hydrogen (secondary N) is 2. The van der Waals surface area contributed by atoms with Crippen LogP contribution in [0, 0.1) is 11.7 Å². The fourth-order valence-corrected chi connectivity index (χ4v) is 2.58. The van der Waals surface area contributed by atoms with Crippen molar-refractivity contribution < 1.29 is 14.0 Å². The molecule has 4 nitrogen and oxygen atoms in total. The first kappa shape index (κ1) is 15.8. The highest BCUT2D eigenvalue weighted by molar-refractivity contribution is 6.30. The van der Waals surface area contributed by atoms with Crippen LogP contribution in [0.2, 0.25) is 5.02 Å². The summed E-state index contributed by atoms with van der Waals surface area (Å²) < 4.78 is 14.0. The Labute approximate surface area is 128 Å². The molecule has 1 saturated heterocycles. The number of halogens is 2. The second kappa shape index (κ2) is 6.43. The molecule has 2 amide bonds. The summed E-state index contributed by atoms with van der Waals surface area (Å²) >= 11 is 5.75. The highest BCUT2D eigenvalue weighted by Crippen LogP contribution is 2.26. The molecular weight excluding hydrogens is 295 g/mol. The minimum absolute atomic E-state index is 0.00160. The van der Waals surface area contributed by atoms with E-state index >= 15 is 0 Å². The molecule has 1 aliphatic heterocycles. The number of amides is 2. The molecule has 0 spiro atoms.